The lowest BCUT2D eigenvalue weighted by molar-refractivity contribution is -0.137. The van der Waals surface area contributed by atoms with Gasteiger partial charge in [-0.05, 0) is 5.92 Å². The second-order valence-corrected chi connectivity index (χ2v) is 3.98. The van der Waals surface area contributed by atoms with Gasteiger partial charge in [0.1, 0.15) is 12.1 Å². The maximum Gasteiger partial charge on any atom is 0.244 e. The number of thiol groups is 1. The molecule has 1 aliphatic heterocycles. The molecule has 0 aromatic rings. The highest BCUT2D eigenvalue weighted by molar-refractivity contribution is 7.80. The summed E-state index contributed by atoms with van der Waals surface area (Å²) in [5.74, 6) is 0.271. The van der Waals surface area contributed by atoms with Crippen molar-refractivity contribution >= 4 is 24.4 Å². The molecule has 2 N–H and O–H groups in total. The molecule has 3 atom stereocenters. The molecule has 1 fully saturated rings. The predicted molar refractivity (Wildman–Crippen MR) is 57.2 cm³/mol. The van der Waals surface area contributed by atoms with Gasteiger partial charge in [-0.1, -0.05) is 20.3 Å². The lowest BCUT2D eigenvalue weighted by atomic mass is 9.96. The third-order valence-electron chi connectivity index (χ3n) is 2.61. The van der Waals surface area contributed by atoms with E-state index < -0.39 is 6.04 Å². The fourth-order valence-electron chi connectivity index (χ4n) is 1.41. The molecule has 1 saturated heterocycles. The fourth-order valence-corrected chi connectivity index (χ4v) is 1.67. The van der Waals surface area contributed by atoms with Crippen LogP contribution in [0.5, 0.6) is 0 Å². The zero-order valence-corrected chi connectivity index (χ0v) is 9.30. The highest BCUT2D eigenvalue weighted by Crippen LogP contribution is 2.11. The third-order valence-corrected chi connectivity index (χ3v) is 2.97. The molecule has 0 aromatic carbocycles. The Kier molecular flexibility index (Phi) is 3.80. The van der Waals surface area contributed by atoms with E-state index in [2.05, 4.69) is 23.3 Å². The van der Waals surface area contributed by atoms with E-state index in [9.17, 15) is 9.59 Å². The second kappa shape index (κ2) is 4.68. The molecule has 80 valence electrons. The summed E-state index contributed by atoms with van der Waals surface area (Å²) in [5, 5.41) is 5.37. The summed E-state index contributed by atoms with van der Waals surface area (Å²) in [7, 11) is 0. The topological polar surface area (TPSA) is 58.2 Å². The van der Waals surface area contributed by atoms with Crippen molar-refractivity contribution in [1.82, 2.24) is 10.6 Å². The van der Waals surface area contributed by atoms with Gasteiger partial charge in [-0.2, -0.15) is 12.6 Å². The number of hydrogen-bond donors (Lipinski definition) is 3. The van der Waals surface area contributed by atoms with E-state index in [0.29, 0.717) is 5.75 Å². The van der Waals surface area contributed by atoms with Gasteiger partial charge >= 0.3 is 0 Å². The van der Waals surface area contributed by atoms with E-state index in [0.717, 1.165) is 6.42 Å². The number of hydrogen-bond acceptors (Lipinski definition) is 3. The smallest absolute Gasteiger partial charge is 0.244 e. The molecule has 4 nitrogen and oxygen atoms in total. The Balaban J connectivity index is 2.66. The highest BCUT2D eigenvalue weighted by Gasteiger charge is 2.35. The summed E-state index contributed by atoms with van der Waals surface area (Å²) in [5.41, 5.74) is 0. The summed E-state index contributed by atoms with van der Waals surface area (Å²) in [6.45, 7) is 3.94. The molecule has 1 unspecified atom stereocenters. The molecule has 0 bridgehead atoms. The first-order valence-electron chi connectivity index (χ1n) is 4.81. The maximum atomic E-state index is 11.5. The van der Waals surface area contributed by atoms with Gasteiger partial charge in [0.2, 0.25) is 11.8 Å². The Labute approximate surface area is 89.2 Å². The molecule has 0 radical (unpaired) electrons. The van der Waals surface area contributed by atoms with Crippen LogP contribution < -0.4 is 10.6 Å². The van der Waals surface area contributed by atoms with Crippen LogP contribution in [0.15, 0.2) is 0 Å². The molecule has 14 heavy (non-hydrogen) atoms. The van der Waals surface area contributed by atoms with Crippen molar-refractivity contribution in [3.63, 3.8) is 0 Å². The minimum Gasteiger partial charge on any atom is -0.342 e. The summed E-state index contributed by atoms with van der Waals surface area (Å²) in [6.07, 6.45) is 0.865. The summed E-state index contributed by atoms with van der Waals surface area (Å²) in [4.78, 5) is 23.0. The maximum absolute atomic E-state index is 11.5. The first kappa shape index (κ1) is 11.4. The van der Waals surface area contributed by atoms with Crippen LogP contribution >= 0.6 is 12.6 Å². The van der Waals surface area contributed by atoms with E-state index in [-0.39, 0.29) is 23.8 Å². The molecule has 5 heteroatoms. The first-order chi connectivity index (χ1) is 6.60. The second-order valence-electron chi connectivity index (χ2n) is 3.62. The van der Waals surface area contributed by atoms with E-state index in [1.807, 2.05) is 13.8 Å². The monoisotopic (exact) mass is 216 g/mol. The zero-order valence-electron chi connectivity index (χ0n) is 8.41. The molecule has 1 rings (SSSR count). The van der Waals surface area contributed by atoms with Crippen LogP contribution in [-0.2, 0) is 9.59 Å². The van der Waals surface area contributed by atoms with Crippen molar-refractivity contribution in [2.45, 2.75) is 32.4 Å². The quantitative estimate of drug-likeness (QED) is 0.579. The molecule has 0 aliphatic carbocycles. The van der Waals surface area contributed by atoms with Crippen LogP contribution in [0, 0.1) is 5.92 Å². The van der Waals surface area contributed by atoms with Crippen LogP contribution in [0.3, 0.4) is 0 Å². The van der Waals surface area contributed by atoms with Crippen molar-refractivity contribution in [2.24, 2.45) is 5.92 Å². The van der Waals surface area contributed by atoms with Gasteiger partial charge in [0.15, 0.2) is 0 Å². The minimum atomic E-state index is -0.480. The molecule has 2 amide bonds. The van der Waals surface area contributed by atoms with E-state index in [1.165, 1.54) is 0 Å². The number of amides is 2. The molecular weight excluding hydrogens is 200 g/mol. The van der Waals surface area contributed by atoms with Gasteiger partial charge in [0, 0.05) is 5.75 Å². The molecule has 0 aromatic heterocycles. The Morgan fingerprint density at radius 2 is 2.00 bits per heavy atom. The van der Waals surface area contributed by atoms with Crippen LogP contribution in [0.1, 0.15) is 20.3 Å². The normalized spacial score (nSPS) is 29.4. The Morgan fingerprint density at radius 3 is 2.50 bits per heavy atom. The average Bonchev–Trinajstić information content (AvgIpc) is 2.19. The Bertz CT molecular complexity index is 245. The number of rotatable bonds is 3. The van der Waals surface area contributed by atoms with E-state index in [1.54, 1.807) is 0 Å². The van der Waals surface area contributed by atoms with Crippen LogP contribution in [0.2, 0.25) is 0 Å². The van der Waals surface area contributed by atoms with Crippen LogP contribution in [-0.4, -0.2) is 29.7 Å². The van der Waals surface area contributed by atoms with Gasteiger partial charge in [-0.15, -0.1) is 0 Å². The fraction of sp³-hybridized carbons (Fsp3) is 0.778. The number of nitrogens with one attached hydrogen (secondary N) is 2. The molecule has 1 aliphatic rings. The predicted octanol–water partition coefficient (Wildman–Crippen LogP) is -0.0545. The Hall–Kier alpha value is -0.710. The van der Waals surface area contributed by atoms with Crippen molar-refractivity contribution in [1.29, 1.82) is 0 Å². The van der Waals surface area contributed by atoms with Gasteiger partial charge in [-0.3, -0.25) is 9.59 Å². The van der Waals surface area contributed by atoms with Crippen molar-refractivity contribution in [2.75, 3.05) is 5.75 Å². The summed E-state index contributed by atoms with van der Waals surface area (Å²) < 4.78 is 0. The SMILES string of the molecule is CC[C@H](C)C1NC(=O)[C@H](CS)NC1=O. The molecule has 1 heterocycles. The highest BCUT2D eigenvalue weighted by atomic mass is 32.1. The zero-order chi connectivity index (χ0) is 10.7. The lowest BCUT2D eigenvalue weighted by Crippen LogP contribution is -2.64. The van der Waals surface area contributed by atoms with E-state index >= 15 is 0 Å². The van der Waals surface area contributed by atoms with E-state index in [4.69, 9.17) is 0 Å². The molecular formula is C9H16N2O2S. The number of carbonyl (C=O) groups excluding carboxylic acids is 2. The van der Waals surface area contributed by atoms with Crippen molar-refractivity contribution in [3.8, 4) is 0 Å². The van der Waals surface area contributed by atoms with Gasteiger partial charge in [0.25, 0.3) is 0 Å². The number of carbonyl (C=O) groups is 2. The largest absolute Gasteiger partial charge is 0.342 e. The average molecular weight is 216 g/mol. The number of piperazine rings is 1. The van der Waals surface area contributed by atoms with Crippen molar-refractivity contribution < 1.29 is 9.59 Å². The Morgan fingerprint density at radius 1 is 1.36 bits per heavy atom. The van der Waals surface area contributed by atoms with Crippen LogP contribution in [0.4, 0.5) is 0 Å². The van der Waals surface area contributed by atoms with Gasteiger partial charge in [0.05, 0.1) is 0 Å². The van der Waals surface area contributed by atoms with Gasteiger partial charge in [-0.25, -0.2) is 0 Å². The summed E-state index contributed by atoms with van der Waals surface area (Å²) >= 11 is 3.99. The van der Waals surface area contributed by atoms with Gasteiger partial charge < -0.3 is 10.6 Å². The molecule has 0 saturated carbocycles. The minimum absolute atomic E-state index is 0.0991. The first-order valence-corrected chi connectivity index (χ1v) is 5.45. The lowest BCUT2D eigenvalue weighted by Gasteiger charge is -2.31. The standard InChI is InChI=1S/C9H16N2O2S/c1-3-5(2)7-9(13)10-6(4-14)8(12)11-7/h5-7,14H,3-4H2,1-2H3,(H,10,13)(H,11,12)/t5-,6-,7?/m0/s1. The third kappa shape index (κ3) is 2.20. The molecule has 0 spiro atoms. The summed E-state index contributed by atoms with van der Waals surface area (Å²) in [6, 6.07) is -0.866. The van der Waals surface area contributed by atoms with Crippen molar-refractivity contribution in [3.05, 3.63) is 0 Å². The van der Waals surface area contributed by atoms with Crippen LogP contribution in [0.25, 0.3) is 0 Å².